The van der Waals surface area contributed by atoms with Crippen molar-refractivity contribution in [2.75, 3.05) is 6.61 Å². The molecule has 0 heterocycles. The summed E-state index contributed by atoms with van der Waals surface area (Å²) in [6.07, 6.45) is 0.868. The van der Waals surface area contributed by atoms with Gasteiger partial charge in [0.05, 0.1) is 11.4 Å². The zero-order valence-corrected chi connectivity index (χ0v) is 11.5. The Hall–Kier alpha value is -0.830. The zero-order valence-electron chi connectivity index (χ0n) is 9.92. The van der Waals surface area contributed by atoms with E-state index in [1.54, 1.807) is 0 Å². The van der Waals surface area contributed by atoms with Gasteiger partial charge in [-0.3, -0.25) is 4.79 Å². The Labute approximate surface area is 105 Å². The highest BCUT2D eigenvalue weighted by molar-refractivity contribution is 9.10. The molecular formula is C13H17BrO2. The molecule has 0 amide bonds. The summed E-state index contributed by atoms with van der Waals surface area (Å²) in [5.41, 5.74) is 1.82. The second-order valence-corrected chi connectivity index (χ2v) is 4.96. The molecule has 0 bridgehead atoms. The summed E-state index contributed by atoms with van der Waals surface area (Å²) in [7, 11) is 0. The average molecular weight is 285 g/mol. The van der Waals surface area contributed by atoms with Crippen LogP contribution >= 0.6 is 15.9 Å². The molecule has 0 fully saturated rings. The maximum atomic E-state index is 11.8. The predicted molar refractivity (Wildman–Crippen MR) is 69.7 cm³/mol. The number of Topliss-reactive ketones (excluding diaryl/α,β-unsaturated/α-hetero) is 1. The van der Waals surface area contributed by atoms with Crippen molar-refractivity contribution in [2.45, 2.75) is 32.0 Å². The van der Waals surface area contributed by atoms with E-state index in [0.29, 0.717) is 6.61 Å². The van der Waals surface area contributed by atoms with E-state index >= 15 is 0 Å². The third-order valence-electron chi connectivity index (χ3n) is 2.39. The fraction of sp³-hybridized carbons (Fsp3) is 0.462. The highest BCUT2D eigenvalue weighted by Gasteiger charge is 2.13. The van der Waals surface area contributed by atoms with Crippen molar-refractivity contribution in [3.8, 4) is 5.75 Å². The molecule has 0 aliphatic heterocycles. The first-order valence-corrected chi connectivity index (χ1v) is 6.45. The topological polar surface area (TPSA) is 26.3 Å². The van der Waals surface area contributed by atoms with Crippen LogP contribution in [-0.4, -0.2) is 17.2 Å². The van der Waals surface area contributed by atoms with Gasteiger partial charge in [0.2, 0.25) is 0 Å². The Morgan fingerprint density at radius 1 is 1.44 bits per heavy atom. The van der Waals surface area contributed by atoms with Gasteiger partial charge < -0.3 is 4.74 Å². The van der Waals surface area contributed by atoms with E-state index in [1.807, 2.05) is 32.0 Å². The third-order valence-corrected chi connectivity index (χ3v) is 2.80. The second kappa shape index (κ2) is 6.04. The number of alkyl halides is 1. The first-order valence-electron chi connectivity index (χ1n) is 5.54. The molecule has 1 rings (SSSR count). The summed E-state index contributed by atoms with van der Waals surface area (Å²) in [4.78, 5) is 11.7. The lowest BCUT2D eigenvalue weighted by molar-refractivity contribution is 0.0995. The maximum Gasteiger partial charge on any atom is 0.176 e. The first kappa shape index (κ1) is 13.2. The van der Waals surface area contributed by atoms with Gasteiger partial charge >= 0.3 is 0 Å². The Bertz CT molecular complexity index is 372. The molecule has 88 valence electrons. The van der Waals surface area contributed by atoms with Crippen LogP contribution in [0.25, 0.3) is 0 Å². The minimum atomic E-state index is -0.143. The molecule has 3 heteroatoms. The van der Waals surface area contributed by atoms with Crippen molar-refractivity contribution in [1.29, 1.82) is 0 Å². The van der Waals surface area contributed by atoms with Crippen LogP contribution in [0.4, 0.5) is 0 Å². The quantitative estimate of drug-likeness (QED) is 0.610. The van der Waals surface area contributed by atoms with Crippen molar-refractivity contribution in [3.63, 3.8) is 0 Å². The Morgan fingerprint density at radius 2 is 2.12 bits per heavy atom. The first-order chi connectivity index (χ1) is 7.60. The third kappa shape index (κ3) is 3.08. The number of halogens is 1. The standard InChI is InChI=1S/C13H17BrO2/c1-4-10-8-11(13(15)9(3)14)6-7-12(10)16-5-2/h6-9H,4-5H2,1-3H3. The number of rotatable bonds is 5. The summed E-state index contributed by atoms with van der Waals surface area (Å²) in [5, 5.41) is 0. The van der Waals surface area contributed by atoms with E-state index in [-0.39, 0.29) is 10.6 Å². The van der Waals surface area contributed by atoms with Gasteiger partial charge in [-0.05, 0) is 44.0 Å². The number of carbonyl (C=O) groups is 1. The largest absolute Gasteiger partial charge is 0.494 e. The van der Waals surface area contributed by atoms with Crippen LogP contribution in [0.1, 0.15) is 36.7 Å². The maximum absolute atomic E-state index is 11.8. The van der Waals surface area contributed by atoms with E-state index < -0.39 is 0 Å². The van der Waals surface area contributed by atoms with Crippen LogP contribution in [0, 0.1) is 0 Å². The van der Waals surface area contributed by atoms with Gasteiger partial charge in [0, 0.05) is 5.56 Å². The lowest BCUT2D eigenvalue weighted by Crippen LogP contribution is -2.10. The van der Waals surface area contributed by atoms with Gasteiger partial charge in [0.25, 0.3) is 0 Å². The van der Waals surface area contributed by atoms with Crippen LogP contribution in [0.3, 0.4) is 0 Å². The molecule has 0 aliphatic rings. The number of carbonyl (C=O) groups excluding carboxylic acids is 1. The van der Waals surface area contributed by atoms with Gasteiger partial charge in [-0.1, -0.05) is 22.9 Å². The highest BCUT2D eigenvalue weighted by Crippen LogP contribution is 2.22. The van der Waals surface area contributed by atoms with Gasteiger partial charge in [-0.15, -0.1) is 0 Å². The zero-order chi connectivity index (χ0) is 12.1. The fourth-order valence-corrected chi connectivity index (χ4v) is 1.80. The molecule has 1 unspecified atom stereocenters. The molecule has 0 radical (unpaired) electrons. The monoisotopic (exact) mass is 284 g/mol. The summed E-state index contributed by atoms with van der Waals surface area (Å²) in [6.45, 7) is 6.50. The Kier molecular flexibility index (Phi) is 5.00. The molecule has 0 aliphatic carbocycles. The number of benzene rings is 1. The fourth-order valence-electron chi connectivity index (χ4n) is 1.53. The smallest absolute Gasteiger partial charge is 0.176 e. The van der Waals surface area contributed by atoms with Crippen molar-refractivity contribution in [1.82, 2.24) is 0 Å². The van der Waals surface area contributed by atoms with Crippen LogP contribution in [0.2, 0.25) is 0 Å². The van der Waals surface area contributed by atoms with Crippen LogP contribution < -0.4 is 4.74 Å². The summed E-state index contributed by atoms with van der Waals surface area (Å²) in [5.74, 6) is 0.988. The Balaban J connectivity index is 3.03. The van der Waals surface area contributed by atoms with Crippen molar-refractivity contribution in [2.24, 2.45) is 0 Å². The number of hydrogen-bond donors (Lipinski definition) is 0. The van der Waals surface area contributed by atoms with Gasteiger partial charge in [-0.2, -0.15) is 0 Å². The van der Waals surface area contributed by atoms with E-state index in [0.717, 1.165) is 23.3 Å². The molecule has 0 saturated heterocycles. The summed E-state index contributed by atoms with van der Waals surface area (Å²) in [6, 6.07) is 5.63. The van der Waals surface area contributed by atoms with Gasteiger partial charge in [0.1, 0.15) is 5.75 Å². The molecular weight excluding hydrogens is 268 g/mol. The molecule has 1 aromatic carbocycles. The molecule has 2 nitrogen and oxygen atoms in total. The molecule has 0 N–H and O–H groups in total. The van der Waals surface area contributed by atoms with Gasteiger partial charge in [-0.25, -0.2) is 0 Å². The highest BCUT2D eigenvalue weighted by atomic mass is 79.9. The number of hydrogen-bond acceptors (Lipinski definition) is 2. The molecule has 0 spiro atoms. The number of ketones is 1. The predicted octanol–water partition coefficient (Wildman–Crippen LogP) is 3.61. The minimum Gasteiger partial charge on any atom is -0.494 e. The number of aryl methyl sites for hydroxylation is 1. The van der Waals surface area contributed by atoms with Crippen molar-refractivity contribution in [3.05, 3.63) is 29.3 Å². The van der Waals surface area contributed by atoms with E-state index in [9.17, 15) is 4.79 Å². The second-order valence-electron chi connectivity index (χ2n) is 3.59. The molecule has 0 saturated carbocycles. The van der Waals surface area contributed by atoms with Gasteiger partial charge in [0.15, 0.2) is 5.78 Å². The molecule has 16 heavy (non-hydrogen) atoms. The van der Waals surface area contributed by atoms with Crippen molar-refractivity contribution >= 4 is 21.7 Å². The Morgan fingerprint density at radius 3 is 2.62 bits per heavy atom. The molecule has 1 atom stereocenters. The number of ether oxygens (including phenoxy) is 1. The normalized spacial score (nSPS) is 12.2. The van der Waals surface area contributed by atoms with Crippen LogP contribution in [-0.2, 0) is 6.42 Å². The van der Waals surface area contributed by atoms with E-state index in [1.165, 1.54) is 0 Å². The van der Waals surface area contributed by atoms with Crippen molar-refractivity contribution < 1.29 is 9.53 Å². The molecule has 0 aromatic heterocycles. The SMILES string of the molecule is CCOc1ccc(C(=O)C(C)Br)cc1CC. The summed E-state index contributed by atoms with van der Waals surface area (Å²) >= 11 is 3.29. The minimum absolute atomic E-state index is 0.109. The summed E-state index contributed by atoms with van der Waals surface area (Å²) < 4.78 is 5.50. The van der Waals surface area contributed by atoms with E-state index in [2.05, 4.69) is 22.9 Å². The molecule has 1 aromatic rings. The lowest BCUT2D eigenvalue weighted by atomic mass is 10.0. The van der Waals surface area contributed by atoms with Crippen LogP contribution in [0.15, 0.2) is 18.2 Å². The van der Waals surface area contributed by atoms with Crippen LogP contribution in [0.5, 0.6) is 5.75 Å². The van der Waals surface area contributed by atoms with E-state index in [4.69, 9.17) is 4.74 Å². The lowest BCUT2D eigenvalue weighted by Gasteiger charge is -2.11. The average Bonchev–Trinajstić information content (AvgIpc) is 2.29.